The van der Waals surface area contributed by atoms with Gasteiger partial charge in [0.15, 0.2) is 0 Å². The summed E-state index contributed by atoms with van der Waals surface area (Å²) in [5, 5.41) is 2.88. The summed E-state index contributed by atoms with van der Waals surface area (Å²) in [6.07, 6.45) is 1.35. The average Bonchev–Trinajstić information content (AvgIpc) is 2.84. The lowest BCUT2D eigenvalue weighted by molar-refractivity contribution is -0.129. The van der Waals surface area contributed by atoms with Crippen LogP contribution < -0.4 is 5.32 Å². The Bertz CT molecular complexity index is 545. The van der Waals surface area contributed by atoms with Crippen molar-refractivity contribution in [1.29, 1.82) is 0 Å². The van der Waals surface area contributed by atoms with Crippen LogP contribution in [0.25, 0.3) is 0 Å². The van der Waals surface area contributed by atoms with E-state index in [0.29, 0.717) is 32.4 Å². The molecular weight excluding hydrogens is 283 g/mol. The maximum atomic E-state index is 13.0. The minimum Gasteiger partial charge on any atom is -0.356 e. The van der Waals surface area contributed by atoms with Crippen molar-refractivity contribution < 1.29 is 14.0 Å². The van der Waals surface area contributed by atoms with Gasteiger partial charge in [0.05, 0.1) is 0 Å². The fraction of sp³-hybridized carbons (Fsp3) is 0.529. The van der Waals surface area contributed by atoms with E-state index in [1.54, 1.807) is 6.07 Å². The molecule has 1 aromatic rings. The van der Waals surface area contributed by atoms with Crippen molar-refractivity contribution in [3.63, 3.8) is 0 Å². The number of nitrogens with one attached hydrogen (secondary N) is 1. The van der Waals surface area contributed by atoms with Crippen molar-refractivity contribution >= 4 is 11.8 Å². The van der Waals surface area contributed by atoms with E-state index in [-0.39, 0.29) is 29.6 Å². The van der Waals surface area contributed by atoms with Gasteiger partial charge in [-0.05, 0) is 38.0 Å². The van der Waals surface area contributed by atoms with Crippen LogP contribution in [0.1, 0.15) is 32.3 Å². The molecule has 2 rings (SSSR count). The largest absolute Gasteiger partial charge is 0.356 e. The second-order valence-electron chi connectivity index (χ2n) is 6.14. The number of hydrogen-bond acceptors (Lipinski definition) is 2. The molecule has 1 aliphatic heterocycles. The van der Waals surface area contributed by atoms with Crippen LogP contribution in [0, 0.1) is 11.7 Å². The summed E-state index contributed by atoms with van der Waals surface area (Å²) in [6, 6.07) is 6.51. The molecule has 1 aliphatic rings. The highest BCUT2D eigenvalue weighted by Gasteiger charge is 2.30. The molecule has 0 saturated carbocycles. The lowest BCUT2D eigenvalue weighted by atomic mass is 10.1. The van der Waals surface area contributed by atoms with Gasteiger partial charge in [0, 0.05) is 37.9 Å². The van der Waals surface area contributed by atoms with Gasteiger partial charge in [-0.1, -0.05) is 12.1 Å². The molecular formula is C17H23FN2O2. The highest BCUT2D eigenvalue weighted by molar-refractivity contribution is 5.79. The molecule has 1 saturated heterocycles. The van der Waals surface area contributed by atoms with E-state index in [9.17, 15) is 14.0 Å². The molecule has 0 radical (unpaired) electrons. The van der Waals surface area contributed by atoms with E-state index < -0.39 is 0 Å². The smallest absolute Gasteiger partial charge is 0.223 e. The maximum Gasteiger partial charge on any atom is 0.223 e. The van der Waals surface area contributed by atoms with Crippen molar-refractivity contribution in [3.05, 3.63) is 35.6 Å². The minimum atomic E-state index is -0.281. The molecule has 1 heterocycles. The Balaban J connectivity index is 1.71. The Morgan fingerprint density at radius 1 is 1.45 bits per heavy atom. The second kappa shape index (κ2) is 7.38. The summed E-state index contributed by atoms with van der Waals surface area (Å²) in [6.45, 7) is 5.23. The van der Waals surface area contributed by atoms with Gasteiger partial charge in [0.25, 0.3) is 0 Å². The molecule has 1 fully saturated rings. The monoisotopic (exact) mass is 306 g/mol. The molecule has 0 bridgehead atoms. The zero-order chi connectivity index (χ0) is 16.1. The first-order valence-corrected chi connectivity index (χ1v) is 7.76. The van der Waals surface area contributed by atoms with Gasteiger partial charge in [0.2, 0.25) is 11.8 Å². The highest BCUT2D eigenvalue weighted by atomic mass is 19.1. The Kier molecular flexibility index (Phi) is 5.52. The number of hydrogen-bond donors (Lipinski definition) is 1. The molecule has 22 heavy (non-hydrogen) atoms. The van der Waals surface area contributed by atoms with E-state index in [1.165, 1.54) is 12.1 Å². The SMILES string of the molecule is CC(C)N1CC(CNC(=O)CCc2cccc(F)c2)CC1=O. The van der Waals surface area contributed by atoms with Crippen LogP contribution in [0.15, 0.2) is 24.3 Å². The third-order valence-electron chi connectivity index (χ3n) is 3.98. The molecule has 1 atom stereocenters. The molecule has 1 aromatic carbocycles. The number of nitrogens with zero attached hydrogens (tertiary/aromatic N) is 1. The first-order valence-electron chi connectivity index (χ1n) is 7.76. The van der Waals surface area contributed by atoms with Crippen LogP contribution in [0.5, 0.6) is 0 Å². The zero-order valence-corrected chi connectivity index (χ0v) is 13.1. The van der Waals surface area contributed by atoms with E-state index >= 15 is 0 Å². The highest BCUT2D eigenvalue weighted by Crippen LogP contribution is 2.19. The van der Waals surface area contributed by atoms with Crippen molar-refractivity contribution in [2.24, 2.45) is 5.92 Å². The third kappa shape index (κ3) is 4.55. The van der Waals surface area contributed by atoms with Crippen LogP contribution in [0.3, 0.4) is 0 Å². The Labute approximate surface area is 130 Å². The number of amides is 2. The number of carbonyl (C=O) groups is 2. The molecule has 1 N–H and O–H groups in total. The Morgan fingerprint density at radius 2 is 2.23 bits per heavy atom. The maximum absolute atomic E-state index is 13.0. The Morgan fingerprint density at radius 3 is 2.86 bits per heavy atom. The van der Waals surface area contributed by atoms with Crippen LogP contribution in [-0.2, 0) is 16.0 Å². The minimum absolute atomic E-state index is 0.0558. The summed E-state index contributed by atoms with van der Waals surface area (Å²) in [5.74, 6) is 0.0119. The van der Waals surface area contributed by atoms with Crippen LogP contribution in [0.4, 0.5) is 4.39 Å². The number of likely N-dealkylation sites (tertiary alicyclic amines) is 1. The van der Waals surface area contributed by atoms with Gasteiger partial charge < -0.3 is 10.2 Å². The van der Waals surface area contributed by atoms with Gasteiger partial charge in [-0.15, -0.1) is 0 Å². The molecule has 2 amide bonds. The van der Waals surface area contributed by atoms with Gasteiger partial charge in [-0.2, -0.15) is 0 Å². The fourth-order valence-corrected chi connectivity index (χ4v) is 2.74. The number of halogens is 1. The quantitative estimate of drug-likeness (QED) is 0.875. The topological polar surface area (TPSA) is 49.4 Å². The zero-order valence-electron chi connectivity index (χ0n) is 13.1. The second-order valence-corrected chi connectivity index (χ2v) is 6.14. The van der Waals surface area contributed by atoms with Crippen LogP contribution in [0.2, 0.25) is 0 Å². The van der Waals surface area contributed by atoms with Crippen molar-refractivity contribution in [2.45, 2.75) is 39.2 Å². The Hall–Kier alpha value is -1.91. The van der Waals surface area contributed by atoms with E-state index in [2.05, 4.69) is 5.32 Å². The number of carbonyl (C=O) groups excluding carboxylic acids is 2. The normalized spacial score (nSPS) is 18.1. The fourth-order valence-electron chi connectivity index (χ4n) is 2.74. The molecule has 4 nitrogen and oxygen atoms in total. The molecule has 0 spiro atoms. The predicted octanol–water partition coefficient (Wildman–Crippen LogP) is 2.13. The summed E-state index contributed by atoms with van der Waals surface area (Å²) in [4.78, 5) is 25.5. The van der Waals surface area contributed by atoms with E-state index in [1.807, 2.05) is 24.8 Å². The summed E-state index contributed by atoms with van der Waals surface area (Å²) in [7, 11) is 0. The molecule has 1 unspecified atom stereocenters. The lowest BCUT2D eigenvalue weighted by Gasteiger charge is -2.21. The predicted molar refractivity (Wildman–Crippen MR) is 82.7 cm³/mol. The van der Waals surface area contributed by atoms with E-state index in [0.717, 1.165) is 5.56 Å². The van der Waals surface area contributed by atoms with Gasteiger partial charge >= 0.3 is 0 Å². The number of aryl methyl sites for hydroxylation is 1. The molecule has 0 aromatic heterocycles. The summed E-state index contributed by atoms with van der Waals surface area (Å²) < 4.78 is 13.0. The van der Waals surface area contributed by atoms with Crippen LogP contribution in [-0.4, -0.2) is 35.8 Å². The van der Waals surface area contributed by atoms with Gasteiger partial charge in [-0.3, -0.25) is 9.59 Å². The first kappa shape index (κ1) is 16.5. The standard InChI is InChI=1S/C17H23FN2O2/c1-12(2)20-11-14(9-17(20)22)10-19-16(21)7-6-13-4-3-5-15(18)8-13/h3-5,8,12,14H,6-7,9-11H2,1-2H3,(H,19,21). The first-order chi connectivity index (χ1) is 10.5. The summed E-state index contributed by atoms with van der Waals surface area (Å²) in [5.41, 5.74) is 0.817. The average molecular weight is 306 g/mol. The van der Waals surface area contributed by atoms with Crippen molar-refractivity contribution in [3.8, 4) is 0 Å². The molecule has 5 heteroatoms. The van der Waals surface area contributed by atoms with Gasteiger partial charge in [-0.25, -0.2) is 4.39 Å². The van der Waals surface area contributed by atoms with Gasteiger partial charge in [0.1, 0.15) is 5.82 Å². The number of rotatable bonds is 6. The third-order valence-corrected chi connectivity index (χ3v) is 3.98. The number of benzene rings is 1. The molecule has 0 aliphatic carbocycles. The lowest BCUT2D eigenvalue weighted by Crippen LogP contribution is -2.34. The molecule has 120 valence electrons. The van der Waals surface area contributed by atoms with Crippen molar-refractivity contribution in [1.82, 2.24) is 10.2 Å². The van der Waals surface area contributed by atoms with Crippen molar-refractivity contribution in [2.75, 3.05) is 13.1 Å². The van der Waals surface area contributed by atoms with E-state index in [4.69, 9.17) is 0 Å². The van der Waals surface area contributed by atoms with Crippen LogP contribution >= 0.6 is 0 Å². The summed E-state index contributed by atoms with van der Waals surface area (Å²) >= 11 is 0.